The summed E-state index contributed by atoms with van der Waals surface area (Å²) in [6, 6.07) is 47.4. The summed E-state index contributed by atoms with van der Waals surface area (Å²) in [5.41, 5.74) is 15.3. The van der Waals surface area contributed by atoms with Gasteiger partial charge in [0, 0.05) is 99.8 Å². The Hall–Kier alpha value is -10.2. The minimum absolute atomic E-state index is 0.0568. The molecule has 0 bridgehead atoms. The predicted octanol–water partition coefficient (Wildman–Crippen LogP) is 19.9. The van der Waals surface area contributed by atoms with Crippen LogP contribution in [0.5, 0.6) is 51.7 Å². The lowest BCUT2D eigenvalue weighted by Gasteiger charge is -2.34. The first-order valence-electron chi connectivity index (χ1n) is 34.2. The van der Waals surface area contributed by atoms with Crippen LogP contribution in [0.2, 0.25) is 0 Å². The first-order chi connectivity index (χ1) is 47.0. The number of aromatic amines is 1. The molecule has 16 nitrogen and oxygen atoms in total. The van der Waals surface area contributed by atoms with Crippen LogP contribution >= 0.6 is 0 Å². The number of imidazole rings is 1. The first kappa shape index (κ1) is 74.6. The molecule has 0 unspecified atom stereocenters. The fourth-order valence-corrected chi connectivity index (χ4v) is 12.1. The van der Waals surface area contributed by atoms with Gasteiger partial charge in [0.1, 0.15) is 17.3 Å². The Balaban J connectivity index is 0.000000194. The van der Waals surface area contributed by atoms with Crippen LogP contribution in [0.15, 0.2) is 156 Å². The average Bonchev–Trinajstić information content (AvgIpc) is 1.65. The van der Waals surface area contributed by atoms with Crippen molar-refractivity contribution in [3.8, 4) is 85.6 Å². The predicted molar refractivity (Wildman–Crippen MR) is 406 cm³/mol. The van der Waals surface area contributed by atoms with Crippen molar-refractivity contribution < 1.29 is 44.2 Å². The maximum atomic E-state index is 14.6. The second-order valence-corrected chi connectivity index (χ2v) is 27.7. The summed E-state index contributed by atoms with van der Waals surface area (Å²) in [7, 11) is 4.48. The van der Waals surface area contributed by atoms with Crippen molar-refractivity contribution in [3.63, 3.8) is 0 Å². The number of H-pyrrole nitrogens is 1. The van der Waals surface area contributed by atoms with Gasteiger partial charge in [-0.25, -0.2) is 4.98 Å². The molecular formula is C83H101N7O9. The zero-order chi connectivity index (χ0) is 72.4. The van der Waals surface area contributed by atoms with E-state index < -0.39 is 0 Å². The van der Waals surface area contributed by atoms with Gasteiger partial charge >= 0.3 is 0 Å². The van der Waals surface area contributed by atoms with Crippen LogP contribution in [0.3, 0.4) is 0 Å². The minimum atomic E-state index is -0.349. The lowest BCUT2D eigenvalue weighted by Crippen LogP contribution is -2.30. The largest absolute Gasteiger partial charge is 0.507 e. The number of hydrogen-bond donors (Lipinski definition) is 5. The molecule has 0 saturated heterocycles. The molecule has 99 heavy (non-hydrogen) atoms. The second-order valence-electron chi connectivity index (χ2n) is 27.7. The Bertz CT molecular complexity index is 4200. The summed E-state index contributed by atoms with van der Waals surface area (Å²) < 4.78 is 22.2. The summed E-state index contributed by atoms with van der Waals surface area (Å²) >= 11 is 0. The molecule has 8 aromatic carbocycles. The van der Waals surface area contributed by atoms with Crippen molar-refractivity contribution in [3.05, 3.63) is 190 Å². The van der Waals surface area contributed by atoms with Crippen molar-refractivity contribution in [2.75, 3.05) is 62.2 Å². The number of carbonyl (C=O) groups is 1. The molecule has 1 aliphatic rings. The molecule has 1 amide bonds. The van der Waals surface area contributed by atoms with Crippen LogP contribution in [0.25, 0.3) is 33.9 Å². The van der Waals surface area contributed by atoms with E-state index in [0.29, 0.717) is 69.8 Å². The van der Waals surface area contributed by atoms with Crippen LogP contribution in [0.1, 0.15) is 166 Å². The highest BCUT2D eigenvalue weighted by Gasteiger charge is 2.35. The number of benzene rings is 8. The van der Waals surface area contributed by atoms with Crippen molar-refractivity contribution in [2.45, 2.75) is 147 Å². The van der Waals surface area contributed by atoms with Crippen LogP contribution in [0.4, 0.5) is 22.7 Å². The van der Waals surface area contributed by atoms with Crippen molar-refractivity contribution in [1.82, 2.24) is 9.97 Å². The first-order valence-corrected chi connectivity index (χ1v) is 34.2. The van der Waals surface area contributed by atoms with Gasteiger partial charge in [-0.1, -0.05) is 137 Å². The highest BCUT2D eigenvalue weighted by molar-refractivity contribution is 6.14. The fourth-order valence-electron chi connectivity index (χ4n) is 12.1. The van der Waals surface area contributed by atoms with Gasteiger partial charge in [0.2, 0.25) is 5.75 Å². The SMILES string of the molecule is CC/C(=N\N=C(/CC)c1cc(OC)c(O)c(OC)c1)c1cc(C)c(O)c(OC)c1.CCN(CC)c1ccc2c(c1)Oc1cc(N(CC)CC)ccc1N2C(=O)c1cc(C(C)(C)C)c(O)c(C(C)(C)C)c1.Cc1cc(-c2nc(-c3ccccc3)c(-c3ccccc3)[nH]2)cc(C(C)(C)C)c1O. The van der Waals surface area contributed by atoms with Gasteiger partial charge in [-0.2, -0.15) is 10.2 Å². The topological polar surface area (TPSA) is 198 Å². The van der Waals surface area contributed by atoms with Gasteiger partial charge in [0.05, 0.1) is 55.5 Å². The van der Waals surface area contributed by atoms with Crippen LogP contribution in [-0.2, 0) is 16.2 Å². The number of amides is 1. The van der Waals surface area contributed by atoms with Crippen LogP contribution < -0.4 is 33.6 Å². The number of phenolic OH excluding ortho intramolecular Hbond substituents is 4. The van der Waals surface area contributed by atoms with E-state index in [2.05, 4.69) is 151 Å². The molecule has 1 aliphatic heterocycles. The molecule has 0 radical (unpaired) electrons. The monoisotopic (exact) mass is 1340 g/mol. The molecule has 1 aromatic heterocycles. The zero-order valence-corrected chi connectivity index (χ0v) is 61.6. The van der Waals surface area contributed by atoms with E-state index in [1.165, 1.54) is 21.3 Å². The molecule has 0 spiro atoms. The molecule has 0 saturated carbocycles. The molecule has 0 aliphatic carbocycles. The Morgan fingerprint density at radius 2 is 0.899 bits per heavy atom. The third-order valence-electron chi connectivity index (χ3n) is 17.8. The standard InChI is InChI=1S/C35H47N3O3.C26H26N2O.C22H28N2O5/c1-11-36(12-2)24-15-17-28-30(21-24)41-31-22-25(37(13-3)14-4)16-18-29(31)38(28)33(40)23-19-26(34(5,6)7)32(39)27(20-23)35(8,9)10;1-17-15-20(16-21(24(17)29)26(2,3)4)25-27-22(18-11-7-5-8-12-18)23(28-25)19-13-9-6-10-14-19;1-7-16(14-9-13(3)21(25)18(10-14)27-4)23-24-17(8-2)15-11-19(28-5)22(26)20(12-15)29-6/h15-22,39H,11-14H2,1-10H3;5-16,29H,1-4H3,(H,27,28);9-12,25-26H,7-8H2,1-6H3/b;;23-16+,24-17+. The van der Waals surface area contributed by atoms with Crippen LogP contribution in [-0.4, -0.2) is 95.2 Å². The van der Waals surface area contributed by atoms with E-state index in [4.69, 9.17) is 23.9 Å². The normalized spacial score (nSPS) is 12.3. The molecule has 9 aromatic rings. The van der Waals surface area contributed by atoms with Gasteiger partial charge in [0.15, 0.2) is 34.5 Å². The lowest BCUT2D eigenvalue weighted by molar-refractivity contribution is 0.0996. The number of aryl methyl sites for hydroxylation is 2. The Morgan fingerprint density at radius 3 is 1.32 bits per heavy atom. The van der Waals surface area contributed by atoms with E-state index in [0.717, 1.165) is 116 Å². The number of rotatable bonds is 18. The fraction of sp³-hybridized carbons (Fsp3) is 0.349. The lowest BCUT2D eigenvalue weighted by atomic mass is 9.78. The van der Waals surface area contributed by atoms with Gasteiger partial charge in [-0.15, -0.1) is 0 Å². The summed E-state index contributed by atoms with van der Waals surface area (Å²) in [4.78, 5) is 29.5. The quantitative estimate of drug-likeness (QED) is 0.0403. The number of ether oxygens (including phenoxy) is 4. The number of aromatic hydroxyl groups is 4. The van der Waals surface area contributed by atoms with Crippen molar-refractivity contribution in [2.24, 2.45) is 10.2 Å². The third-order valence-corrected chi connectivity index (χ3v) is 17.8. The molecule has 10 rings (SSSR count). The number of fused-ring (bicyclic) bond motifs is 2. The number of nitrogens with one attached hydrogen (secondary N) is 1. The second kappa shape index (κ2) is 31.5. The summed E-state index contributed by atoms with van der Waals surface area (Å²) in [6.07, 6.45) is 1.27. The molecule has 0 atom stereocenters. The average molecular weight is 1340 g/mol. The number of nitrogens with zero attached hydrogens (tertiary/aromatic N) is 6. The van der Waals surface area contributed by atoms with Crippen molar-refractivity contribution in [1.29, 1.82) is 0 Å². The van der Waals surface area contributed by atoms with E-state index in [-0.39, 0.29) is 39.4 Å². The van der Waals surface area contributed by atoms with Gasteiger partial charge in [-0.05, 0) is 155 Å². The summed E-state index contributed by atoms with van der Waals surface area (Å²) in [5.74, 6) is 3.64. The van der Waals surface area contributed by atoms with Crippen LogP contribution in [0, 0.1) is 13.8 Å². The van der Waals surface area contributed by atoms with Crippen molar-refractivity contribution >= 4 is 40.1 Å². The van der Waals surface area contributed by atoms with E-state index in [1.807, 2.05) is 119 Å². The summed E-state index contributed by atoms with van der Waals surface area (Å²) in [6.45, 7) is 38.4. The van der Waals surface area contributed by atoms with Gasteiger partial charge in [0.25, 0.3) is 5.91 Å². The molecule has 0 fully saturated rings. The number of aromatic nitrogens is 2. The Kier molecular flexibility index (Phi) is 23.8. The van der Waals surface area contributed by atoms with Gasteiger partial charge in [-0.3, -0.25) is 9.69 Å². The van der Waals surface area contributed by atoms with E-state index in [1.54, 1.807) is 23.1 Å². The molecule has 16 heteroatoms. The number of phenols is 4. The molecule has 522 valence electrons. The maximum Gasteiger partial charge on any atom is 0.263 e. The number of anilines is 4. The number of methoxy groups -OCH3 is 3. The Morgan fingerprint density at radius 1 is 0.485 bits per heavy atom. The van der Waals surface area contributed by atoms with Gasteiger partial charge < -0.3 is 54.2 Å². The minimum Gasteiger partial charge on any atom is -0.507 e. The highest BCUT2D eigenvalue weighted by Crippen LogP contribution is 2.51. The maximum absolute atomic E-state index is 14.6. The molecular weight excluding hydrogens is 1240 g/mol. The molecule has 5 N–H and O–H groups in total. The molecule has 2 heterocycles. The Labute approximate surface area is 586 Å². The van der Waals surface area contributed by atoms with E-state index in [9.17, 15) is 25.2 Å². The number of hydrogen-bond acceptors (Lipinski definition) is 14. The van der Waals surface area contributed by atoms with E-state index >= 15 is 0 Å². The smallest absolute Gasteiger partial charge is 0.263 e. The summed E-state index contributed by atoms with van der Waals surface area (Å²) in [5, 5.41) is 51.0. The zero-order valence-electron chi connectivity index (χ0n) is 61.6. The highest BCUT2D eigenvalue weighted by atomic mass is 16.5. The third kappa shape index (κ3) is 16.7. The number of carbonyl (C=O) groups excluding carboxylic acids is 1.